The number of amides is 1. The van der Waals surface area contributed by atoms with Gasteiger partial charge in [0.25, 0.3) is 5.91 Å². The van der Waals surface area contributed by atoms with Crippen molar-refractivity contribution in [2.24, 2.45) is 0 Å². The van der Waals surface area contributed by atoms with Crippen LogP contribution in [0.25, 0.3) is 0 Å². The number of carbonyl (C=O) groups is 1. The zero-order valence-electron chi connectivity index (χ0n) is 16.2. The predicted octanol–water partition coefficient (Wildman–Crippen LogP) is 3.65. The van der Waals surface area contributed by atoms with Crippen LogP contribution in [0.2, 0.25) is 0 Å². The van der Waals surface area contributed by atoms with Gasteiger partial charge in [-0.05, 0) is 46.5 Å². The Hall–Kier alpha value is -1.86. The van der Waals surface area contributed by atoms with Gasteiger partial charge in [0.2, 0.25) is 0 Å². The lowest BCUT2D eigenvalue weighted by atomic mass is 10.1. The van der Waals surface area contributed by atoms with Gasteiger partial charge in [0.05, 0.1) is 16.8 Å². The third-order valence-corrected chi connectivity index (χ3v) is 5.62. The van der Waals surface area contributed by atoms with E-state index in [1.165, 1.54) is 5.56 Å². The number of rotatable bonds is 6. The molecule has 0 radical (unpaired) electrons. The maximum Gasteiger partial charge on any atom is 0.275 e. The molecule has 0 aliphatic carbocycles. The smallest absolute Gasteiger partial charge is 0.275 e. The quantitative estimate of drug-likeness (QED) is 0.753. The van der Waals surface area contributed by atoms with Gasteiger partial charge in [-0.25, -0.2) is 0 Å². The first-order valence-electron chi connectivity index (χ1n) is 9.46. The number of ether oxygens (including phenoxy) is 1. The molecule has 146 valence electrons. The fourth-order valence-corrected chi connectivity index (χ4v) is 4.05. The van der Waals surface area contributed by atoms with E-state index in [1.807, 2.05) is 24.0 Å². The van der Waals surface area contributed by atoms with E-state index in [0.717, 1.165) is 35.6 Å². The third-order valence-electron chi connectivity index (χ3n) is 4.81. The number of piperazine rings is 1. The Kier molecular flexibility index (Phi) is 6.55. The largest absolute Gasteiger partial charge is 0.494 e. The lowest BCUT2D eigenvalue weighted by Gasteiger charge is -2.34. The summed E-state index contributed by atoms with van der Waals surface area (Å²) in [5.74, 6) is 1.19. The molecular formula is C20H27BrN4O2. The van der Waals surface area contributed by atoms with Crippen LogP contribution >= 0.6 is 15.9 Å². The van der Waals surface area contributed by atoms with Gasteiger partial charge in [-0.1, -0.05) is 26.0 Å². The van der Waals surface area contributed by atoms with Gasteiger partial charge in [-0.2, -0.15) is 5.10 Å². The average Bonchev–Trinajstić information content (AvgIpc) is 3.05. The van der Waals surface area contributed by atoms with Crippen LogP contribution < -0.4 is 4.74 Å². The molecule has 1 aromatic carbocycles. The Bertz CT molecular complexity index is 765. The molecule has 0 atom stereocenters. The summed E-state index contributed by atoms with van der Waals surface area (Å²) < 4.78 is 6.28. The number of benzene rings is 1. The minimum Gasteiger partial charge on any atom is -0.494 e. The first-order chi connectivity index (χ1) is 13.0. The molecule has 3 rings (SSSR count). The topological polar surface area (TPSA) is 61.5 Å². The third kappa shape index (κ3) is 4.71. The molecule has 1 aromatic heterocycles. The van der Waals surface area contributed by atoms with E-state index < -0.39 is 0 Å². The lowest BCUT2D eigenvalue weighted by molar-refractivity contribution is 0.0621. The normalized spacial score (nSPS) is 15.4. The van der Waals surface area contributed by atoms with Crippen molar-refractivity contribution >= 4 is 21.8 Å². The first kappa shape index (κ1) is 19.9. The van der Waals surface area contributed by atoms with Crippen LogP contribution in [0, 0.1) is 0 Å². The summed E-state index contributed by atoms with van der Waals surface area (Å²) in [4.78, 5) is 17.1. The molecule has 0 bridgehead atoms. The number of carbonyl (C=O) groups excluding carboxylic acids is 1. The van der Waals surface area contributed by atoms with Gasteiger partial charge in [0, 0.05) is 32.7 Å². The number of hydrogen-bond donors (Lipinski definition) is 1. The van der Waals surface area contributed by atoms with E-state index >= 15 is 0 Å². The van der Waals surface area contributed by atoms with Crippen molar-refractivity contribution in [3.05, 3.63) is 45.7 Å². The molecular weight excluding hydrogens is 408 g/mol. The highest BCUT2D eigenvalue weighted by molar-refractivity contribution is 9.10. The highest BCUT2D eigenvalue weighted by Gasteiger charge is 2.27. The highest BCUT2D eigenvalue weighted by atomic mass is 79.9. The van der Waals surface area contributed by atoms with Gasteiger partial charge in [-0.15, -0.1) is 0 Å². The van der Waals surface area contributed by atoms with Crippen molar-refractivity contribution in [2.75, 3.05) is 32.8 Å². The van der Waals surface area contributed by atoms with Gasteiger partial charge in [0.1, 0.15) is 5.75 Å². The monoisotopic (exact) mass is 434 g/mol. The summed E-state index contributed by atoms with van der Waals surface area (Å²) in [7, 11) is 0. The van der Waals surface area contributed by atoms with Crippen molar-refractivity contribution in [1.82, 2.24) is 20.0 Å². The Morgan fingerprint density at radius 2 is 1.89 bits per heavy atom. The summed E-state index contributed by atoms with van der Waals surface area (Å²) >= 11 is 3.53. The van der Waals surface area contributed by atoms with Crippen molar-refractivity contribution in [2.45, 2.75) is 33.2 Å². The Labute approximate surface area is 169 Å². The van der Waals surface area contributed by atoms with Crippen LogP contribution in [-0.2, 0) is 6.54 Å². The summed E-state index contributed by atoms with van der Waals surface area (Å²) in [5, 5.41) is 7.22. The van der Waals surface area contributed by atoms with Crippen molar-refractivity contribution < 1.29 is 9.53 Å². The molecule has 0 saturated carbocycles. The van der Waals surface area contributed by atoms with Gasteiger partial charge in [0.15, 0.2) is 5.69 Å². The van der Waals surface area contributed by atoms with E-state index in [2.05, 4.69) is 57.0 Å². The lowest BCUT2D eigenvalue weighted by Crippen LogP contribution is -2.48. The van der Waals surface area contributed by atoms with Crippen LogP contribution in [0.15, 0.2) is 28.7 Å². The van der Waals surface area contributed by atoms with Crippen molar-refractivity contribution in [3.63, 3.8) is 0 Å². The van der Waals surface area contributed by atoms with E-state index in [0.29, 0.717) is 31.3 Å². The summed E-state index contributed by atoms with van der Waals surface area (Å²) in [6, 6.07) is 8.24. The summed E-state index contributed by atoms with van der Waals surface area (Å²) in [5.41, 5.74) is 2.71. The summed E-state index contributed by atoms with van der Waals surface area (Å²) in [6.07, 6.45) is 0. The molecule has 0 spiro atoms. The second-order valence-electron chi connectivity index (χ2n) is 7.10. The maximum absolute atomic E-state index is 12.8. The van der Waals surface area contributed by atoms with Crippen LogP contribution in [0.4, 0.5) is 0 Å². The van der Waals surface area contributed by atoms with Gasteiger partial charge >= 0.3 is 0 Å². The van der Waals surface area contributed by atoms with E-state index in [-0.39, 0.29) is 5.91 Å². The van der Waals surface area contributed by atoms with E-state index in [9.17, 15) is 4.79 Å². The van der Waals surface area contributed by atoms with Crippen LogP contribution in [-0.4, -0.2) is 58.7 Å². The number of hydrogen-bond acceptors (Lipinski definition) is 4. The number of aromatic nitrogens is 2. The first-order valence-corrected chi connectivity index (χ1v) is 10.3. The Morgan fingerprint density at radius 1 is 1.22 bits per heavy atom. The molecule has 1 saturated heterocycles. The molecule has 1 aliphatic rings. The zero-order chi connectivity index (χ0) is 19.4. The number of halogens is 1. The molecule has 1 amide bonds. The van der Waals surface area contributed by atoms with Crippen LogP contribution in [0.1, 0.15) is 48.4 Å². The molecule has 2 aromatic rings. The molecule has 7 heteroatoms. The minimum absolute atomic E-state index is 0.00857. The molecule has 1 aliphatic heterocycles. The molecule has 27 heavy (non-hydrogen) atoms. The molecule has 2 heterocycles. The zero-order valence-corrected chi connectivity index (χ0v) is 17.8. The van der Waals surface area contributed by atoms with Gasteiger partial charge in [-0.3, -0.25) is 14.8 Å². The number of aromatic amines is 1. The second kappa shape index (κ2) is 8.89. The predicted molar refractivity (Wildman–Crippen MR) is 109 cm³/mol. The Balaban J connectivity index is 1.54. The van der Waals surface area contributed by atoms with Crippen LogP contribution in [0.5, 0.6) is 5.75 Å². The molecule has 1 fully saturated rings. The maximum atomic E-state index is 12.8. The van der Waals surface area contributed by atoms with Crippen LogP contribution in [0.3, 0.4) is 0 Å². The van der Waals surface area contributed by atoms with E-state index in [4.69, 9.17) is 4.74 Å². The molecule has 6 nitrogen and oxygen atoms in total. The number of nitrogens with zero attached hydrogens (tertiary/aromatic N) is 3. The van der Waals surface area contributed by atoms with Crippen molar-refractivity contribution in [3.8, 4) is 5.75 Å². The SMILES string of the molecule is CCOc1ccc(CN2CCN(C(=O)c3n[nH]c(C(C)C)c3Br)CC2)cc1. The summed E-state index contributed by atoms with van der Waals surface area (Å²) in [6.45, 7) is 10.9. The molecule has 1 N–H and O–H groups in total. The van der Waals surface area contributed by atoms with Gasteiger partial charge < -0.3 is 9.64 Å². The van der Waals surface area contributed by atoms with Crippen molar-refractivity contribution in [1.29, 1.82) is 0 Å². The highest BCUT2D eigenvalue weighted by Crippen LogP contribution is 2.26. The number of nitrogens with one attached hydrogen (secondary N) is 1. The van der Waals surface area contributed by atoms with E-state index in [1.54, 1.807) is 0 Å². The average molecular weight is 435 g/mol. The Morgan fingerprint density at radius 3 is 2.44 bits per heavy atom. The standard InChI is InChI=1S/C20H27BrN4O2/c1-4-27-16-7-5-15(6-8-16)13-24-9-11-25(12-10-24)20(26)19-17(21)18(14(2)3)22-23-19/h5-8,14H,4,9-13H2,1-3H3,(H,22,23). The second-order valence-corrected chi connectivity index (χ2v) is 7.89. The molecule has 0 unspecified atom stereocenters. The fourth-order valence-electron chi connectivity index (χ4n) is 3.24. The fraction of sp³-hybridized carbons (Fsp3) is 0.500. The minimum atomic E-state index is -0.00857. The number of H-pyrrole nitrogens is 1.